The monoisotopic (exact) mass is 448 g/mol. The highest BCUT2D eigenvalue weighted by atomic mass is 32.2. The van der Waals surface area contributed by atoms with E-state index in [0.29, 0.717) is 0 Å². The molecule has 164 valence electrons. The molecule has 1 aromatic carbocycles. The van der Waals surface area contributed by atoms with Crippen molar-refractivity contribution in [3.63, 3.8) is 0 Å². The van der Waals surface area contributed by atoms with E-state index >= 15 is 0 Å². The molecule has 30 heavy (non-hydrogen) atoms. The Bertz CT molecular complexity index is 1070. The van der Waals surface area contributed by atoms with Crippen molar-refractivity contribution < 1.29 is 35.8 Å². The van der Waals surface area contributed by atoms with Crippen LogP contribution in [0.25, 0.3) is 11.1 Å². The van der Waals surface area contributed by atoms with Crippen molar-refractivity contribution in [1.82, 2.24) is 9.55 Å². The zero-order valence-electron chi connectivity index (χ0n) is 15.9. The second-order valence-electron chi connectivity index (χ2n) is 6.63. The number of hydrogen-bond acceptors (Lipinski definition) is 7. The van der Waals surface area contributed by atoms with E-state index in [2.05, 4.69) is 4.98 Å². The maximum atomic E-state index is 13.1. The van der Waals surface area contributed by atoms with Crippen LogP contribution in [0.1, 0.15) is 5.56 Å². The maximum Gasteiger partial charge on any atom is 0.416 e. The van der Waals surface area contributed by atoms with Crippen molar-refractivity contribution in [3.05, 3.63) is 46.6 Å². The van der Waals surface area contributed by atoms with Crippen molar-refractivity contribution in [2.24, 2.45) is 0 Å². The number of hydrogen-bond donors (Lipinski definition) is 0. The Kier molecular flexibility index (Phi) is 6.48. The minimum atomic E-state index is -4.59. The fourth-order valence-electron chi connectivity index (χ4n) is 3.01. The second kappa shape index (κ2) is 8.74. The first-order valence-corrected chi connectivity index (χ1v) is 10.6. The summed E-state index contributed by atoms with van der Waals surface area (Å²) in [6.45, 7) is -0.354. The summed E-state index contributed by atoms with van der Waals surface area (Å²) in [5, 5.41) is 0. The Morgan fingerprint density at radius 1 is 1.30 bits per heavy atom. The quantitative estimate of drug-likeness (QED) is 0.621. The van der Waals surface area contributed by atoms with E-state index in [1.807, 2.05) is 0 Å². The molecule has 0 saturated carbocycles. The lowest BCUT2D eigenvalue weighted by Crippen LogP contribution is -2.39. The Balaban J connectivity index is 1.98. The third-order valence-corrected chi connectivity index (χ3v) is 6.09. The van der Waals surface area contributed by atoms with Gasteiger partial charge in [0.15, 0.2) is 16.6 Å². The van der Waals surface area contributed by atoms with Gasteiger partial charge in [-0.2, -0.15) is 13.2 Å². The number of aromatic nitrogens is 2. The van der Waals surface area contributed by atoms with Crippen molar-refractivity contribution in [2.45, 2.75) is 18.8 Å². The van der Waals surface area contributed by atoms with Crippen LogP contribution in [0.3, 0.4) is 0 Å². The van der Waals surface area contributed by atoms with Crippen LogP contribution in [0.15, 0.2) is 35.5 Å². The predicted octanol–water partition coefficient (Wildman–Crippen LogP) is 1.73. The third kappa shape index (κ3) is 5.18. The van der Waals surface area contributed by atoms with Crippen LogP contribution in [0, 0.1) is 0 Å². The molecule has 2 heterocycles. The number of halogens is 3. The van der Waals surface area contributed by atoms with E-state index in [1.165, 1.54) is 24.2 Å². The highest BCUT2D eigenvalue weighted by Crippen LogP contribution is 2.36. The Labute approximate surface area is 170 Å². The van der Waals surface area contributed by atoms with Crippen LogP contribution in [-0.4, -0.2) is 56.1 Å². The molecule has 1 aliphatic rings. The van der Waals surface area contributed by atoms with Gasteiger partial charge in [0, 0.05) is 18.9 Å². The van der Waals surface area contributed by atoms with E-state index in [1.54, 1.807) is 0 Å². The lowest BCUT2D eigenvalue weighted by Gasteiger charge is -2.23. The summed E-state index contributed by atoms with van der Waals surface area (Å²) in [5.41, 5.74) is -1.42. The van der Waals surface area contributed by atoms with Gasteiger partial charge in [-0.25, -0.2) is 13.4 Å². The van der Waals surface area contributed by atoms with Gasteiger partial charge in [-0.3, -0.25) is 9.36 Å². The largest absolute Gasteiger partial charge is 0.467 e. The van der Waals surface area contributed by atoms with E-state index in [4.69, 9.17) is 14.2 Å². The fraction of sp³-hybridized carbons (Fsp3) is 0.444. The van der Waals surface area contributed by atoms with Crippen LogP contribution >= 0.6 is 0 Å². The molecular weight excluding hydrogens is 429 g/mol. The Hall–Kier alpha value is -2.44. The summed E-state index contributed by atoms with van der Waals surface area (Å²) in [5.74, 6) is -0.506. The molecule has 8 nitrogen and oxygen atoms in total. The molecule has 1 unspecified atom stereocenters. The maximum absolute atomic E-state index is 13.1. The van der Waals surface area contributed by atoms with Crippen molar-refractivity contribution in [2.75, 3.05) is 32.0 Å². The number of benzene rings is 1. The normalized spacial score (nSPS) is 18.9. The van der Waals surface area contributed by atoms with E-state index in [-0.39, 0.29) is 48.3 Å². The van der Waals surface area contributed by atoms with Crippen LogP contribution in [0.4, 0.5) is 13.2 Å². The Morgan fingerprint density at radius 3 is 2.73 bits per heavy atom. The average Bonchev–Trinajstić information content (AvgIpc) is 2.66. The molecule has 3 rings (SSSR count). The highest BCUT2D eigenvalue weighted by molar-refractivity contribution is 7.91. The molecule has 1 aliphatic heterocycles. The summed E-state index contributed by atoms with van der Waals surface area (Å²) in [6, 6.07) is 2.74. The number of alkyl halides is 3. The fourth-order valence-corrected chi connectivity index (χ4v) is 4.29. The lowest BCUT2D eigenvalue weighted by molar-refractivity contribution is -0.137. The van der Waals surface area contributed by atoms with Gasteiger partial charge in [0.25, 0.3) is 5.56 Å². The van der Waals surface area contributed by atoms with Gasteiger partial charge in [0.2, 0.25) is 0 Å². The number of nitrogens with zero attached hydrogens (tertiary/aromatic N) is 2. The first kappa shape index (κ1) is 22.2. The summed E-state index contributed by atoms with van der Waals surface area (Å²) in [6.07, 6.45) is -2.89. The summed E-state index contributed by atoms with van der Waals surface area (Å²) in [7, 11) is -1.96. The minimum absolute atomic E-state index is 0.00371. The van der Waals surface area contributed by atoms with E-state index < -0.39 is 33.2 Å². The number of methoxy groups -OCH3 is 1. The number of rotatable bonds is 6. The van der Waals surface area contributed by atoms with E-state index in [0.717, 1.165) is 18.2 Å². The van der Waals surface area contributed by atoms with Crippen molar-refractivity contribution >= 4 is 9.84 Å². The van der Waals surface area contributed by atoms with Crippen LogP contribution in [-0.2, 0) is 32.0 Å². The SMILES string of the molecule is COCOc1cc(C(F)(F)F)ccc1-c1cncn(CC2CS(=O)(=O)CCO2)c1=O. The standard InChI is InChI=1S/C18H19F3N2O6S/c1-27-11-29-16-6-12(18(19,20)21)2-3-14(16)15-7-22-10-23(17(15)24)8-13-9-30(25,26)5-4-28-13/h2-3,6-7,10,13H,4-5,8-9,11H2,1H3. The summed E-state index contributed by atoms with van der Waals surface area (Å²) >= 11 is 0. The lowest BCUT2D eigenvalue weighted by atomic mass is 10.0. The summed E-state index contributed by atoms with van der Waals surface area (Å²) < 4.78 is 79.3. The number of sulfone groups is 1. The van der Waals surface area contributed by atoms with Crippen LogP contribution < -0.4 is 10.3 Å². The molecule has 0 bridgehead atoms. The molecule has 2 aromatic rings. The molecule has 0 radical (unpaired) electrons. The van der Waals surface area contributed by atoms with Crippen LogP contribution in [0.2, 0.25) is 0 Å². The highest BCUT2D eigenvalue weighted by Gasteiger charge is 2.32. The average molecular weight is 448 g/mol. The first-order valence-electron chi connectivity index (χ1n) is 8.80. The van der Waals surface area contributed by atoms with Gasteiger partial charge < -0.3 is 14.2 Å². The van der Waals surface area contributed by atoms with Crippen molar-refractivity contribution in [3.8, 4) is 16.9 Å². The molecular formula is C18H19F3N2O6S. The molecule has 0 spiro atoms. The summed E-state index contributed by atoms with van der Waals surface area (Å²) in [4.78, 5) is 16.9. The smallest absolute Gasteiger partial charge is 0.416 e. The van der Waals surface area contributed by atoms with Gasteiger partial charge in [-0.1, -0.05) is 0 Å². The van der Waals surface area contributed by atoms with Gasteiger partial charge >= 0.3 is 6.18 Å². The molecule has 1 atom stereocenters. The molecule has 1 saturated heterocycles. The van der Waals surface area contributed by atoms with Gasteiger partial charge in [-0.15, -0.1) is 0 Å². The molecule has 1 aromatic heterocycles. The van der Waals surface area contributed by atoms with Crippen molar-refractivity contribution in [1.29, 1.82) is 0 Å². The minimum Gasteiger partial charge on any atom is -0.467 e. The van der Waals surface area contributed by atoms with Gasteiger partial charge in [0.1, 0.15) is 5.75 Å². The zero-order valence-corrected chi connectivity index (χ0v) is 16.7. The number of ether oxygens (including phenoxy) is 3. The second-order valence-corrected chi connectivity index (χ2v) is 8.86. The Morgan fingerprint density at radius 2 is 2.07 bits per heavy atom. The topological polar surface area (TPSA) is 96.7 Å². The van der Waals surface area contributed by atoms with Crippen LogP contribution in [0.5, 0.6) is 5.75 Å². The first-order chi connectivity index (χ1) is 14.1. The molecule has 0 aliphatic carbocycles. The van der Waals surface area contributed by atoms with Gasteiger partial charge in [-0.05, 0) is 18.2 Å². The van der Waals surface area contributed by atoms with E-state index in [9.17, 15) is 26.4 Å². The molecule has 0 N–H and O–H groups in total. The molecule has 0 amide bonds. The zero-order chi connectivity index (χ0) is 21.9. The molecule has 12 heteroatoms. The third-order valence-electron chi connectivity index (χ3n) is 4.42. The molecule has 1 fully saturated rings. The predicted molar refractivity (Wildman–Crippen MR) is 99.8 cm³/mol. The van der Waals surface area contributed by atoms with Gasteiger partial charge in [0.05, 0.1) is 48.2 Å².